The number of primary sulfonamides is 1. The van der Waals surface area contributed by atoms with Crippen molar-refractivity contribution in [2.24, 2.45) is 5.14 Å². The lowest BCUT2D eigenvalue weighted by Gasteiger charge is -2.04. The van der Waals surface area contributed by atoms with Gasteiger partial charge in [-0.2, -0.15) is 0 Å². The summed E-state index contributed by atoms with van der Waals surface area (Å²) in [7, 11) is -3.73. The van der Waals surface area contributed by atoms with E-state index in [1.807, 2.05) is 30.3 Å². The van der Waals surface area contributed by atoms with Gasteiger partial charge in [-0.1, -0.05) is 35.5 Å². The van der Waals surface area contributed by atoms with Crippen LogP contribution in [0.5, 0.6) is 0 Å². The number of thiophene rings is 1. The molecule has 3 rings (SSSR count). The van der Waals surface area contributed by atoms with Crippen molar-refractivity contribution in [2.45, 2.75) is 17.7 Å². The molecular formula is C16H15N3O4S2. The van der Waals surface area contributed by atoms with E-state index < -0.39 is 10.0 Å². The fourth-order valence-electron chi connectivity index (χ4n) is 2.29. The molecule has 0 aliphatic rings. The lowest BCUT2D eigenvalue weighted by molar-refractivity contribution is 0.0950. The molecular weight excluding hydrogens is 362 g/mol. The predicted octanol–water partition coefficient (Wildman–Crippen LogP) is 2.29. The van der Waals surface area contributed by atoms with Gasteiger partial charge < -0.3 is 9.84 Å². The zero-order valence-corrected chi connectivity index (χ0v) is 14.9. The summed E-state index contributed by atoms with van der Waals surface area (Å²) in [6.45, 7) is 1.84. The molecule has 0 aliphatic heterocycles. The molecule has 0 bridgehead atoms. The summed E-state index contributed by atoms with van der Waals surface area (Å²) in [5.41, 5.74) is 1.60. The van der Waals surface area contributed by atoms with Crippen molar-refractivity contribution in [1.82, 2.24) is 10.5 Å². The molecule has 3 aromatic rings. The molecule has 0 radical (unpaired) electrons. The Morgan fingerprint density at radius 1 is 1.24 bits per heavy atom. The Balaban J connectivity index is 1.78. The first kappa shape index (κ1) is 17.3. The van der Waals surface area contributed by atoms with Crippen LogP contribution in [0.2, 0.25) is 0 Å². The molecule has 0 spiro atoms. The number of nitrogens with one attached hydrogen (secondary N) is 1. The first-order valence-corrected chi connectivity index (χ1v) is 9.64. The van der Waals surface area contributed by atoms with Crippen LogP contribution in [0.15, 0.2) is 51.2 Å². The van der Waals surface area contributed by atoms with E-state index in [0.717, 1.165) is 16.9 Å². The van der Waals surface area contributed by atoms with Gasteiger partial charge in [0.2, 0.25) is 10.0 Å². The number of hydrogen-bond acceptors (Lipinski definition) is 6. The third-order valence-corrected chi connectivity index (χ3v) is 6.00. The van der Waals surface area contributed by atoms with Crippen LogP contribution in [0.1, 0.15) is 21.0 Å². The third-order valence-electron chi connectivity index (χ3n) is 3.48. The highest BCUT2D eigenvalue weighted by molar-refractivity contribution is 7.91. The Hall–Kier alpha value is -2.49. The molecule has 1 aromatic carbocycles. The van der Waals surface area contributed by atoms with E-state index in [1.165, 1.54) is 6.07 Å². The Labute approximate surface area is 148 Å². The smallest absolute Gasteiger partial charge is 0.257 e. The highest BCUT2D eigenvalue weighted by atomic mass is 32.2. The zero-order chi connectivity index (χ0) is 18.0. The quantitative estimate of drug-likeness (QED) is 0.708. The number of nitrogens with two attached hydrogens (primary N) is 1. The van der Waals surface area contributed by atoms with Gasteiger partial charge in [0.15, 0.2) is 0 Å². The largest absolute Gasteiger partial charge is 0.360 e. The maximum Gasteiger partial charge on any atom is 0.257 e. The van der Waals surface area contributed by atoms with Crippen LogP contribution < -0.4 is 10.5 Å². The van der Waals surface area contributed by atoms with Gasteiger partial charge in [0, 0.05) is 10.4 Å². The molecule has 0 aliphatic carbocycles. The van der Waals surface area contributed by atoms with E-state index in [2.05, 4.69) is 10.5 Å². The van der Waals surface area contributed by atoms with Crippen LogP contribution in [0.4, 0.5) is 0 Å². The average molecular weight is 377 g/mol. The molecule has 3 N–H and O–H groups in total. The first-order valence-electron chi connectivity index (χ1n) is 7.27. The SMILES string of the molecule is Cc1onc(-c2ccccc2)c1C(=O)NCc1ccc(S(N)(=O)=O)s1. The Morgan fingerprint density at radius 3 is 2.60 bits per heavy atom. The summed E-state index contributed by atoms with van der Waals surface area (Å²) < 4.78 is 27.8. The van der Waals surface area contributed by atoms with Crippen LogP contribution in [0.25, 0.3) is 11.3 Å². The molecule has 9 heteroatoms. The van der Waals surface area contributed by atoms with Crippen LogP contribution in [-0.4, -0.2) is 19.5 Å². The van der Waals surface area contributed by atoms with Crippen LogP contribution in [0, 0.1) is 6.92 Å². The number of aromatic nitrogens is 1. The highest BCUT2D eigenvalue weighted by Crippen LogP contribution is 2.25. The minimum absolute atomic E-state index is 0.0582. The highest BCUT2D eigenvalue weighted by Gasteiger charge is 2.21. The maximum absolute atomic E-state index is 12.5. The molecule has 0 unspecified atom stereocenters. The Kier molecular flexibility index (Phi) is 4.71. The molecule has 1 amide bonds. The van der Waals surface area contributed by atoms with Crippen LogP contribution in [-0.2, 0) is 16.6 Å². The van der Waals surface area contributed by atoms with Gasteiger partial charge in [0.1, 0.15) is 21.2 Å². The number of amides is 1. The zero-order valence-electron chi connectivity index (χ0n) is 13.2. The molecule has 0 fully saturated rings. The van der Waals surface area contributed by atoms with Gasteiger partial charge in [0.05, 0.1) is 6.54 Å². The van der Waals surface area contributed by atoms with Gasteiger partial charge in [-0.3, -0.25) is 4.79 Å². The number of carbonyl (C=O) groups excluding carboxylic acids is 1. The summed E-state index contributed by atoms with van der Waals surface area (Å²) in [6, 6.07) is 12.3. The third kappa shape index (κ3) is 3.78. The van der Waals surface area contributed by atoms with Gasteiger partial charge in [-0.25, -0.2) is 13.6 Å². The van der Waals surface area contributed by atoms with Gasteiger partial charge in [-0.15, -0.1) is 11.3 Å². The van der Waals surface area contributed by atoms with Crippen molar-refractivity contribution in [3.05, 3.63) is 58.7 Å². The van der Waals surface area contributed by atoms with Gasteiger partial charge >= 0.3 is 0 Å². The van der Waals surface area contributed by atoms with Crippen molar-refractivity contribution >= 4 is 27.3 Å². The number of sulfonamides is 1. The average Bonchev–Trinajstić information content (AvgIpc) is 3.20. The topological polar surface area (TPSA) is 115 Å². The van der Waals surface area contributed by atoms with E-state index in [0.29, 0.717) is 21.9 Å². The van der Waals surface area contributed by atoms with Crippen molar-refractivity contribution in [1.29, 1.82) is 0 Å². The second-order valence-electron chi connectivity index (χ2n) is 5.28. The lowest BCUT2D eigenvalue weighted by atomic mass is 10.1. The van der Waals surface area contributed by atoms with Crippen LogP contribution in [0.3, 0.4) is 0 Å². The second kappa shape index (κ2) is 6.79. The molecule has 2 aromatic heterocycles. The first-order chi connectivity index (χ1) is 11.9. The molecule has 0 atom stereocenters. The number of rotatable bonds is 5. The number of benzene rings is 1. The summed E-state index contributed by atoms with van der Waals surface area (Å²) >= 11 is 1.02. The number of nitrogens with zero attached hydrogens (tertiary/aromatic N) is 1. The molecule has 0 saturated heterocycles. The van der Waals surface area contributed by atoms with Gasteiger partial charge in [-0.05, 0) is 19.1 Å². The molecule has 2 heterocycles. The summed E-state index contributed by atoms with van der Waals surface area (Å²) in [5.74, 6) is 0.0657. The normalized spacial score (nSPS) is 11.4. The maximum atomic E-state index is 12.5. The predicted molar refractivity (Wildman–Crippen MR) is 93.5 cm³/mol. The Bertz CT molecular complexity index is 1010. The van der Waals surface area contributed by atoms with Crippen LogP contribution >= 0.6 is 11.3 Å². The lowest BCUT2D eigenvalue weighted by Crippen LogP contribution is -2.23. The number of carbonyl (C=O) groups is 1. The van der Waals surface area contributed by atoms with Crippen molar-refractivity contribution < 1.29 is 17.7 Å². The summed E-state index contributed by atoms with van der Waals surface area (Å²) in [5, 5.41) is 11.8. The van der Waals surface area contributed by atoms with Gasteiger partial charge in [0.25, 0.3) is 5.91 Å². The molecule has 7 nitrogen and oxygen atoms in total. The van der Waals surface area contributed by atoms with E-state index in [9.17, 15) is 13.2 Å². The summed E-state index contributed by atoms with van der Waals surface area (Å²) in [6.07, 6.45) is 0. The van der Waals surface area contributed by atoms with Crippen molar-refractivity contribution in [3.63, 3.8) is 0 Å². The van der Waals surface area contributed by atoms with E-state index in [4.69, 9.17) is 9.66 Å². The van der Waals surface area contributed by atoms with E-state index in [-0.39, 0.29) is 16.7 Å². The number of hydrogen-bond donors (Lipinski definition) is 2. The second-order valence-corrected chi connectivity index (χ2v) is 8.23. The van der Waals surface area contributed by atoms with E-state index >= 15 is 0 Å². The molecule has 0 saturated carbocycles. The monoisotopic (exact) mass is 377 g/mol. The fraction of sp³-hybridized carbons (Fsp3) is 0.125. The minimum Gasteiger partial charge on any atom is -0.360 e. The summed E-state index contributed by atoms with van der Waals surface area (Å²) in [4.78, 5) is 13.2. The minimum atomic E-state index is -3.73. The molecule has 130 valence electrons. The van der Waals surface area contributed by atoms with E-state index in [1.54, 1.807) is 13.0 Å². The Morgan fingerprint density at radius 2 is 1.96 bits per heavy atom. The molecule has 25 heavy (non-hydrogen) atoms. The van der Waals surface area contributed by atoms with Crippen molar-refractivity contribution in [2.75, 3.05) is 0 Å². The number of aryl methyl sites for hydroxylation is 1. The van der Waals surface area contributed by atoms with Crippen molar-refractivity contribution in [3.8, 4) is 11.3 Å². The fourth-order valence-corrected chi connectivity index (χ4v) is 4.01. The standard InChI is InChI=1S/C16H15N3O4S2/c1-10-14(15(19-23-10)11-5-3-2-4-6-11)16(20)18-9-12-7-8-13(24-12)25(17,21)22/h2-8H,9H2,1H3,(H,18,20)(H2,17,21,22).